The Morgan fingerprint density at radius 2 is 1.82 bits per heavy atom. The highest BCUT2D eigenvalue weighted by atomic mass is 32.2. The number of aromatic amines is 1. The summed E-state index contributed by atoms with van der Waals surface area (Å²) >= 11 is 0. The lowest BCUT2D eigenvalue weighted by molar-refractivity contribution is -0.274. The number of nitriles is 1. The predicted octanol–water partition coefficient (Wildman–Crippen LogP) is 5.36. The van der Waals surface area contributed by atoms with Crippen molar-refractivity contribution in [2.24, 2.45) is 0 Å². The van der Waals surface area contributed by atoms with Gasteiger partial charge in [0.15, 0.2) is 0 Å². The van der Waals surface area contributed by atoms with Crippen molar-refractivity contribution in [2.75, 3.05) is 11.0 Å². The Labute approximate surface area is 222 Å². The molecule has 0 spiro atoms. The summed E-state index contributed by atoms with van der Waals surface area (Å²) < 4.78 is 69.1. The number of amides is 1. The predicted molar refractivity (Wildman–Crippen MR) is 141 cm³/mol. The molecule has 1 atom stereocenters. The minimum absolute atomic E-state index is 0.0837. The van der Waals surface area contributed by atoms with Gasteiger partial charge in [-0.25, -0.2) is 8.42 Å². The van der Waals surface area contributed by atoms with Crippen LogP contribution in [-0.4, -0.2) is 38.0 Å². The first-order valence-electron chi connectivity index (χ1n) is 11.6. The molecule has 39 heavy (non-hydrogen) atoms. The Hall–Kier alpha value is -4.50. The van der Waals surface area contributed by atoms with E-state index in [4.69, 9.17) is 0 Å². The summed E-state index contributed by atoms with van der Waals surface area (Å²) in [6.45, 7) is 0. The second-order valence-corrected chi connectivity index (χ2v) is 10.6. The fourth-order valence-electron chi connectivity index (χ4n) is 4.19. The van der Waals surface area contributed by atoms with E-state index in [1.165, 1.54) is 24.3 Å². The van der Waals surface area contributed by atoms with Crippen LogP contribution in [0.25, 0.3) is 22.0 Å². The van der Waals surface area contributed by atoms with Crippen LogP contribution in [0.5, 0.6) is 5.75 Å². The molecule has 0 aliphatic rings. The first kappa shape index (κ1) is 27.5. The number of para-hydroxylation sites is 1. The first-order chi connectivity index (χ1) is 18.4. The molecule has 1 aromatic heterocycles. The Kier molecular flexibility index (Phi) is 7.83. The maximum atomic E-state index is 13.3. The molecular formula is C27H23F3N4O4S. The number of hydrogen-bond acceptors (Lipinski definition) is 5. The Morgan fingerprint density at radius 1 is 1.08 bits per heavy atom. The molecule has 202 valence electrons. The number of hydrogen-bond donors (Lipinski definition) is 3. The fraction of sp³-hybridized carbons (Fsp3) is 0.185. The van der Waals surface area contributed by atoms with Crippen LogP contribution in [0.4, 0.5) is 18.9 Å². The number of alkyl halides is 3. The van der Waals surface area contributed by atoms with Gasteiger partial charge in [0.05, 0.1) is 24.3 Å². The van der Waals surface area contributed by atoms with Crippen molar-refractivity contribution in [1.29, 1.82) is 5.26 Å². The molecule has 0 bridgehead atoms. The number of anilines is 1. The van der Waals surface area contributed by atoms with Gasteiger partial charge in [0.2, 0.25) is 10.0 Å². The maximum Gasteiger partial charge on any atom is 0.573 e. The molecule has 3 aromatic carbocycles. The van der Waals surface area contributed by atoms with E-state index in [9.17, 15) is 31.6 Å². The quantitative estimate of drug-likeness (QED) is 0.256. The summed E-state index contributed by atoms with van der Waals surface area (Å²) in [4.78, 5) is 16.4. The van der Waals surface area contributed by atoms with E-state index in [0.717, 1.165) is 28.8 Å². The third-order valence-electron chi connectivity index (χ3n) is 5.76. The molecule has 0 saturated carbocycles. The van der Waals surface area contributed by atoms with Crippen molar-refractivity contribution < 1.29 is 31.1 Å². The molecular weight excluding hydrogens is 533 g/mol. The number of sulfonamides is 1. The minimum atomic E-state index is -5.05. The SMILES string of the molecule is CS(=O)(=O)Nc1cccc(-c2ccc(OC(F)(F)F)c(C(=O)NC(CC#N)Cc3c[nH]c4ccccc34)c2)c1. The smallest absolute Gasteiger partial charge is 0.405 e. The van der Waals surface area contributed by atoms with E-state index in [0.29, 0.717) is 11.1 Å². The Morgan fingerprint density at radius 3 is 2.54 bits per heavy atom. The average Bonchev–Trinajstić information content (AvgIpc) is 3.25. The summed E-state index contributed by atoms with van der Waals surface area (Å²) in [5, 5.41) is 12.9. The maximum absolute atomic E-state index is 13.3. The van der Waals surface area contributed by atoms with Crippen LogP contribution < -0.4 is 14.8 Å². The molecule has 12 heteroatoms. The van der Waals surface area contributed by atoms with Crippen molar-refractivity contribution in [3.05, 3.63) is 84.1 Å². The van der Waals surface area contributed by atoms with E-state index < -0.39 is 39.6 Å². The average molecular weight is 557 g/mol. The normalized spacial score (nSPS) is 12.5. The Bertz CT molecular complexity index is 1660. The van der Waals surface area contributed by atoms with Crippen molar-refractivity contribution in [3.8, 4) is 22.9 Å². The van der Waals surface area contributed by atoms with Crippen LogP contribution in [0.2, 0.25) is 0 Å². The third kappa shape index (κ3) is 7.30. The molecule has 1 unspecified atom stereocenters. The third-order valence-corrected chi connectivity index (χ3v) is 6.37. The van der Waals surface area contributed by atoms with E-state index in [-0.39, 0.29) is 18.5 Å². The summed E-state index contributed by atoms with van der Waals surface area (Å²) in [6.07, 6.45) is -2.12. The molecule has 0 saturated heterocycles. The standard InChI is InChI=1S/C27H23F3N4O4S/c1-39(36,37)34-21-6-4-5-17(13-21)18-9-10-25(38-27(28,29)30)23(15-18)26(35)33-20(11-12-31)14-19-16-32-24-8-3-2-7-22(19)24/h2-10,13,15-16,20,32,34H,11,14H2,1H3,(H,33,35). The summed E-state index contributed by atoms with van der Waals surface area (Å²) in [5.74, 6) is -1.57. The number of H-pyrrole nitrogens is 1. The van der Waals surface area contributed by atoms with Crippen molar-refractivity contribution in [1.82, 2.24) is 10.3 Å². The topological polar surface area (TPSA) is 124 Å². The lowest BCUT2D eigenvalue weighted by Crippen LogP contribution is -2.36. The van der Waals surface area contributed by atoms with Gasteiger partial charge < -0.3 is 15.0 Å². The van der Waals surface area contributed by atoms with E-state index in [1.54, 1.807) is 18.3 Å². The van der Waals surface area contributed by atoms with Gasteiger partial charge in [0.1, 0.15) is 5.75 Å². The van der Waals surface area contributed by atoms with Crippen LogP contribution in [0, 0.1) is 11.3 Å². The molecule has 0 fully saturated rings. The van der Waals surface area contributed by atoms with Crippen LogP contribution >= 0.6 is 0 Å². The molecule has 3 N–H and O–H groups in total. The van der Waals surface area contributed by atoms with Gasteiger partial charge in [-0.3, -0.25) is 9.52 Å². The molecule has 1 amide bonds. The lowest BCUT2D eigenvalue weighted by Gasteiger charge is -2.19. The molecule has 0 aliphatic heterocycles. The number of aromatic nitrogens is 1. The number of nitrogens with one attached hydrogen (secondary N) is 3. The molecule has 8 nitrogen and oxygen atoms in total. The first-order valence-corrected chi connectivity index (χ1v) is 13.5. The number of carbonyl (C=O) groups excluding carboxylic acids is 1. The van der Waals surface area contributed by atoms with Crippen LogP contribution in [0.3, 0.4) is 0 Å². The summed E-state index contributed by atoms with van der Waals surface area (Å²) in [6, 6.07) is 18.5. The summed E-state index contributed by atoms with van der Waals surface area (Å²) in [7, 11) is -3.57. The highest BCUT2D eigenvalue weighted by molar-refractivity contribution is 7.92. The zero-order valence-electron chi connectivity index (χ0n) is 20.5. The number of benzene rings is 3. The number of carbonyl (C=O) groups is 1. The van der Waals surface area contributed by atoms with E-state index in [1.807, 2.05) is 30.3 Å². The highest BCUT2D eigenvalue weighted by Gasteiger charge is 2.33. The van der Waals surface area contributed by atoms with Crippen LogP contribution in [0.15, 0.2) is 72.9 Å². The number of rotatable bonds is 9. The van der Waals surface area contributed by atoms with Gasteiger partial charge in [-0.1, -0.05) is 36.4 Å². The number of nitrogens with zero attached hydrogens (tertiary/aromatic N) is 1. The molecule has 0 radical (unpaired) electrons. The number of ether oxygens (including phenoxy) is 1. The van der Waals surface area contributed by atoms with Crippen LogP contribution in [-0.2, 0) is 16.4 Å². The zero-order valence-corrected chi connectivity index (χ0v) is 21.4. The monoisotopic (exact) mass is 556 g/mol. The Balaban J connectivity index is 1.66. The minimum Gasteiger partial charge on any atom is -0.405 e. The molecule has 4 aromatic rings. The zero-order chi connectivity index (χ0) is 28.2. The van der Waals surface area contributed by atoms with Crippen molar-refractivity contribution >= 4 is 32.5 Å². The second kappa shape index (κ2) is 11.1. The van der Waals surface area contributed by atoms with Crippen LogP contribution in [0.1, 0.15) is 22.3 Å². The molecule has 0 aliphatic carbocycles. The molecule has 1 heterocycles. The van der Waals surface area contributed by atoms with Gasteiger partial charge in [-0.2, -0.15) is 5.26 Å². The largest absolute Gasteiger partial charge is 0.573 e. The van der Waals surface area contributed by atoms with E-state index in [2.05, 4.69) is 19.8 Å². The number of fused-ring (bicyclic) bond motifs is 1. The van der Waals surface area contributed by atoms with Gasteiger partial charge in [-0.15, -0.1) is 13.2 Å². The number of halogens is 3. The fourth-order valence-corrected chi connectivity index (χ4v) is 4.75. The van der Waals surface area contributed by atoms with Gasteiger partial charge in [-0.05, 0) is 53.4 Å². The lowest BCUT2D eigenvalue weighted by atomic mass is 10.00. The van der Waals surface area contributed by atoms with Gasteiger partial charge >= 0.3 is 6.36 Å². The second-order valence-electron chi connectivity index (χ2n) is 8.81. The van der Waals surface area contributed by atoms with E-state index >= 15 is 0 Å². The highest BCUT2D eigenvalue weighted by Crippen LogP contribution is 2.32. The molecule has 4 rings (SSSR count). The van der Waals surface area contributed by atoms with Crippen molar-refractivity contribution in [3.63, 3.8) is 0 Å². The van der Waals surface area contributed by atoms with Gasteiger partial charge in [0.25, 0.3) is 5.91 Å². The van der Waals surface area contributed by atoms with Gasteiger partial charge in [0, 0.05) is 28.8 Å². The summed E-state index contributed by atoms with van der Waals surface area (Å²) in [5.41, 5.74) is 2.35. The van der Waals surface area contributed by atoms with Crippen molar-refractivity contribution in [2.45, 2.75) is 25.2 Å².